The Kier molecular flexibility index (Phi) is 6.47. The van der Waals surface area contributed by atoms with Crippen LogP contribution in [0.4, 0.5) is 0 Å². The minimum Gasteiger partial charge on any atom is -0.490 e. The predicted molar refractivity (Wildman–Crippen MR) is 73.2 cm³/mol. The molecule has 104 valence electrons. The predicted octanol–water partition coefficient (Wildman–Crippen LogP) is 1.58. The molecule has 1 aromatic rings. The van der Waals surface area contributed by atoms with Crippen LogP contribution in [0.1, 0.15) is 5.56 Å². The largest absolute Gasteiger partial charge is 0.490 e. The van der Waals surface area contributed by atoms with E-state index in [-0.39, 0.29) is 18.8 Å². The van der Waals surface area contributed by atoms with Gasteiger partial charge in [0.1, 0.15) is 19.0 Å². The fourth-order valence-electron chi connectivity index (χ4n) is 1.31. The van der Waals surface area contributed by atoms with Gasteiger partial charge in [-0.2, -0.15) is 0 Å². The Morgan fingerprint density at radius 1 is 1.10 bits per heavy atom. The summed E-state index contributed by atoms with van der Waals surface area (Å²) in [4.78, 5) is 31.7. The van der Waals surface area contributed by atoms with Crippen molar-refractivity contribution in [3.8, 4) is 5.75 Å². The van der Waals surface area contributed by atoms with Crippen molar-refractivity contribution in [2.45, 2.75) is 0 Å². The first-order chi connectivity index (χ1) is 9.69. The van der Waals surface area contributed by atoms with Crippen molar-refractivity contribution >= 4 is 24.6 Å². The molecule has 5 heteroatoms. The normalized spacial score (nSPS) is 9.20. The molecule has 0 aliphatic rings. The van der Waals surface area contributed by atoms with Crippen molar-refractivity contribution in [2.24, 2.45) is 0 Å². The van der Waals surface area contributed by atoms with Crippen molar-refractivity contribution in [1.29, 1.82) is 0 Å². The Bertz CT molecular complexity index is 504. The Balaban J connectivity index is 2.48. The number of benzene rings is 1. The minimum absolute atomic E-state index is 0.0648. The van der Waals surface area contributed by atoms with Crippen molar-refractivity contribution in [2.75, 3.05) is 13.2 Å². The molecule has 5 nitrogen and oxygen atoms in total. The number of carbonyl (C=O) groups excluding carboxylic acids is 3. The van der Waals surface area contributed by atoms with Crippen molar-refractivity contribution < 1.29 is 23.9 Å². The van der Waals surface area contributed by atoms with Gasteiger partial charge in [0.2, 0.25) is 0 Å². The van der Waals surface area contributed by atoms with Gasteiger partial charge in [-0.3, -0.25) is 9.59 Å². The summed E-state index contributed by atoms with van der Waals surface area (Å²) < 4.78 is 10.1. The molecule has 0 amide bonds. The van der Waals surface area contributed by atoms with Gasteiger partial charge < -0.3 is 9.47 Å². The van der Waals surface area contributed by atoms with Gasteiger partial charge in [-0.1, -0.05) is 18.7 Å². The first-order valence-electron chi connectivity index (χ1n) is 5.83. The highest BCUT2D eigenvalue weighted by Gasteiger charge is 1.98. The van der Waals surface area contributed by atoms with Crippen LogP contribution in [0.15, 0.2) is 42.5 Å². The maximum absolute atomic E-state index is 10.8. The minimum atomic E-state index is -0.496. The smallest absolute Gasteiger partial charge is 0.330 e. The number of aldehydes is 2. The Labute approximate surface area is 116 Å². The summed E-state index contributed by atoms with van der Waals surface area (Å²) >= 11 is 0. The molecular weight excluding hydrogens is 260 g/mol. The lowest BCUT2D eigenvalue weighted by molar-refractivity contribution is -0.138. The molecule has 0 aliphatic heterocycles. The molecule has 0 radical (unpaired) electrons. The van der Waals surface area contributed by atoms with E-state index in [4.69, 9.17) is 9.47 Å². The van der Waals surface area contributed by atoms with E-state index in [0.717, 1.165) is 6.08 Å². The second-order valence-corrected chi connectivity index (χ2v) is 3.67. The van der Waals surface area contributed by atoms with Gasteiger partial charge in [-0.15, -0.1) is 0 Å². The summed E-state index contributed by atoms with van der Waals surface area (Å²) in [5.41, 5.74) is 0.777. The van der Waals surface area contributed by atoms with E-state index >= 15 is 0 Å². The highest BCUT2D eigenvalue weighted by atomic mass is 16.6. The van der Waals surface area contributed by atoms with Crippen LogP contribution in [0, 0.1) is 0 Å². The summed E-state index contributed by atoms with van der Waals surface area (Å²) in [7, 11) is 0. The van der Waals surface area contributed by atoms with Crippen LogP contribution in [-0.4, -0.2) is 31.8 Å². The van der Waals surface area contributed by atoms with Gasteiger partial charge in [0.25, 0.3) is 0 Å². The lowest BCUT2D eigenvalue weighted by Crippen LogP contribution is -2.10. The second kappa shape index (κ2) is 8.42. The molecule has 0 aliphatic carbocycles. The summed E-state index contributed by atoms with van der Waals surface area (Å²) in [5.74, 6) is 0.0971. The Hall–Kier alpha value is -2.69. The topological polar surface area (TPSA) is 69.7 Å². The number of ether oxygens (including phenoxy) is 2. The van der Waals surface area contributed by atoms with Crippen LogP contribution >= 0.6 is 0 Å². The van der Waals surface area contributed by atoms with Crippen molar-refractivity contribution in [3.63, 3.8) is 0 Å². The van der Waals surface area contributed by atoms with Gasteiger partial charge in [0.05, 0.1) is 5.57 Å². The van der Waals surface area contributed by atoms with Crippen LogP contribution in [0.2, 0.25) is 0 Å². The summed E-state index contributed by atoms with van der Waals surface area (Å²) in [6, 6.07) is 6.79. The monoisotopic (exact) mass is 274 g/mol. The summed E-state index contributed by atoms with van der Waals surface area (Å²) in [5, 5.41) is 0. The van der Waals surface area contributed by atoms with Crippen LogP contribution in [0.3, 0.4) is 0 Å². The lowest BCUT2D eigenvalue weighted by Gasteiger charge is -2.06. The summed E-state index contributed by atoms with van der Waals surface area (Å²) in [6.07, 6.45) is 3.53. The third-order valence-electron chi connectivity index (χ3n) is 2.25. The number of esters is 1. The van der Waals surface area contributed by atoms with Gasteiger partial charge in [0.15, 0.2) is 12.6 Å². The molecule has 0 N–H and O–H groups in total. The van der Waals surface area contributed by atoms with Gasteiger partial charge in [0, 0.05) is 6.08 Å². The molecule has 0 bridgehead atoms. The third kappa shape index (κ3) is 5.30. The SMILES string of the molecule is C=CC(=O)OCCOc1ccc(C=C(C=O)C=O)cc1. The maximum atomic E-state index is 10.8. The molecule has 1 aromatic carbocycles. The molecule has 0 saturated carbocycles. The highest BCUT2D eigenvalue weighted by Crippen LogP contribution is 2.13. The average molecular weight is 274 g/mol. The number of allylic oxidation sites excluding steroid dienone is 1. The number of rotatable bonds is 8. The molecule has 0 saturated heterocycles. The molecule has 0 atom stereocenters. The number of hydrogen-bond donors (Lipinski definition) is 0. The van der Waals surface area contributed by atoms with Crippen molar-refractivity contribution in [3.05, 3.63) is 48.1 Å². The zero-order valence-corrected chi connectivity index (χ0v) is 10.8. The number of hydrogen-bond acceptors (Lipinski definition) is 5. The molecule has 0 fully saturated rings. The van der Waals surface area contributed by atoms with E-state index in [9.17, 15) is 14.4 Å². The second-order valence-electron chi connectivity index (χ2n) is 3.67. The Morgan fingerprint density at radius 3 is 2.30 bits per heavy atom. The molecule has 0 spiro atoms. The zero-order valence-electron chi connectivity index (χ0n) is 10.8. The molecule has 1 rings (SSSR count). The average Bonchev–Trinajstić information content (AvgIpc) is 2.50. The van der Waals surface area contributed by atoms with Crippen LogP contribution < -0.4 is 4.74 Å². The standard InChI is InChI=1S/C15H14O5/c1-2-15(18)20-8-7-19-14-5-3-12(4-6-14)9-13(10-16)11-17/h2-6,9-11H,1,7-8H2. The van der Waals surface area contributed by atoms with E-state index in [1.165, 1.54) is 6.08 Å². The fourth-order valence-corrected chi connectivity index (χ4v) is 1.31. The van der Waals surface area contributed by atoms with Crippen LogP contribution in [0.5, 0.6) is 5.75 Å². The first kappa shape index (κ1) is 15.4. The van der Waals surface area contributed by atoms with E-state index in [1.54, 1.807) is 24.3 Å². The fraction of sp³-hybridized carbons (Fsp3) is 0.133. The number of carbonyl (C=O) groups is 3. The van der Waals surface area contributed by atoms with E-state index in [2.05, 4.69) is 6.58 Å². The molecule has 0 aromatic heterocycles. The van der Waals surface area contributed by atoms with Gasteiger partial charge in [-0.05, 0) is 23.8 Å². The summed E-state index contributed by atoms with van der Waals surface area (Å²) in [6.45, 7) is 3.63. The lowest BCUT2D eigenvalue weighted by atomic mass is 10.1. The van der Waals surface area contributed by atoms with E-state index < -0.39 is 5.97 Å². The van der Waals surface area contributed by atoms with E-state index in [1.807, 2.05) is 0 Å². The van der Waals surface area contributed by atoms with Crippen molar-refractivity contribution in [1.82, 2.24) is 0 Å². The quantitative estimate of drug-likeness (QED) is 0.180. The maximum Gasteiger partial charge on any atom is 0.330 e. The van der Waals surface area contributed by atoms with Gasteiger partial charge >= 0.3 is 5.97 Å². The molecule has 20 heavy (non-hydrogen) atoms. The first-order valence-corrected chi connectivity index (χ1v) is 5.83. The van der Waals surface area contributed by atoms with E-state index in [0.29, 0.717) is 23.9 Å². The highest BCUT2D eigenvalue weighted by molar-refractivity contribution is 6.04. The zero-order chi connectivity index (χ0) is 14.8. The van der Waals surface area contributed by atoms with Crippen LogP contribution in [0.25, 0.3) is 6.08 Å². The Morgan fingerprint density at radius 2 is 1.75 bits per heavy atom. The molecular formula is C15H14O5. The molecule has 0 unspecified atom stereocenters. The third-order valence-corrected chi connectivity index (χ3v) is 2.25. The van der Waals surface area contributed by atoms with Crippen LogP contribution in [-0.2, 0) is 19.1 Å². The molecule has 0 heterocycles. The van der Waals surface area contributed by atoms with Gasteiger partial charge in [-0.25, -0.2) is 4.79 Å².